The number of nitrogens with zero attached hydrogens (tertiary/aromatic N) is 3. The molecule has 0 aliphatic heterocycles. The molecule has 0 bridgehead atoms. The lowest BCUT2D eigenvalue weighted by molar-refractivity contribution is 0.630. The third-order valence-corrected chi connectivity index (χ3v) is 3.14. The van der Waals surface area contributed by atoms with Gasteiger partial charge >= 0.3 is 0 Å². The third-order valence-electron chi connectivity index (χ3n) is 2.90. The molecular weight excluding hydrogens is 279 g/mol. The first-order valence-electron chi connectivity index (χ1n) is 6.12. The third kappa shape index (κ3) is 2.58. The fourth-order valence-electron chi connectivity index (χ4n) is 1.96. The summed E-state index contributed by atoms with van der Waals surface area (Å²) in [7, 11) is 0. The molecule has 0 aliphatic carbocycles. The van der Waals surface area contributed by atoms with Crippen molar-refractivity contribution < 1.29 is 4.39 Å². The van der Waals surface area contributed by atoms with Crippen molar-refractivity contribution in [2.75, 3.05) is 5.32 Å². The Morgan fingerprint density at radius 2 is 2.20 bits per heavy atom. The maximum absolute atomic E-state index is 13.6. The predicted octanol–water partition coefficient (Wildman–Crippen LogP) is 3.44. The van der Waals surface area contributed by atoms with Crippen LogP contribution < -0.4 is 5.32 Å². The molecule has 1 N–H and O–H groups in total. The van der Waals surface area contributed by atoms with E-state index in [1.54, 1.807) is 16.8 Å². The van der Waals surface area contributed by atoms with Gasteiger partial charge in [-0.2, -0.15) is 5.10 Å². The summed E-state index contributed by atoms with van der Waals surface area (Å²) >= 11 is 5.85. The van der Waals surface area contributed by atoms with Gasteiger partial charge in [0, 0.05) is 35.6 Å². The molecule has 3 aromatic rings. The van der Waals surface area contributed by atoms with Crippen molar-refractivity contribution in [2.24, 2.45) is 0 Å². The highest BCUT2D eigenvalue weighted by Gasteiger charge is 2.04. The lowest BCUT2D eigenvalue weighted by atomic mass is 10.2. The van der Waals surface area contributed by atoms with Crippen molar-refractivity contribution in [1.29, 1.82) is 0 Å². The van der Waals surface area contributed by atoms with Gasteiger partial charge in [-0.1, -0.05) is 11.6 Å². The number of fused-ring (bicyclic) bond motifs is 1. The van der Waals surface area contributed by atoms with Gasteiger partial charge in [-0.15, -0.1) is 0 Å². The number of aryl methyl sites for hydroxylation is 1. The van der Waals surface area contributed by atoms with E-state index in [1.807, 2.05) is 19.2 Å². The first kappa shape index (κ1) is 12.9. The predicted molar refractivity (Wildman–Crippen MR) is 76.5 cm³/mol. The minimum Gasteiger partial charge on any atom is -0.378 e. The summed E-state index contributed by atoms with van der Waals surface area (Å²) in [5.74, 6) is -0.335. The molecule has 0 radical (unpaired) electrons. The van der Waals surface area contributed by atoms with Gasteiger partial charge in [0.2, 0.25) is 0 Å². The molecule has 102 valence electrons. The van der Waals surface area contributed by atoms with E-state index < -0.39 is 0 Å². The first-order chi connectivity index (χ1) is 9.61. The van der Waals surface area contributed by atoms with Crippen LogP contribution in [-0.2, 0) is 6.54 Å². The number of hydrogen-bond donors (Lipinski definition) is 1. The van der Waals surface area contributed by atoms with Crippen molar-refractivity contribution in [2.45, 2.75) is 13.5 Å². The Hall–Kier alpha value is -2.14. The molecule has 0 fully saturated rings. The summed E-state index contributed by atoms with van der Waals surface area (Å²) in [5.41, 5.74) is 2.97. The Kier molecular flexibility index (Phi) is 3.28. The van der Waals surface area contributed by atoms with Crippen molar-refractivity contribution in [3.8, 4) is 0 Å². The molecule has 6 heteroatoms. The van der Waals surface area contributed by atoms with Gasteiger partial charge in [-0.25, -0.2) is 13.9 Å². The molecular formula is C14H12ClFN4. The lowest BCUT2D eigenvalue weighted by Gasteiger charge is -2.08. The molecule has 0 spiro atoms. The minimum atomic E-state index is -0.335. The van der Waals surface area contributed by atoms with Crippen LogP contribution in [0.15, 0.2) is 36.7 Å². The molecule has 0 saturated heterocycles. The van der Waals surface area contributed by atoms with Crippen LogP contribution in [0.2, 0.25) is 5.02 Å². The molecule has 4 nitrogen and oxygen atoms in total. The van der Waals surface area contributed by atoms with E-state index >= 15 is 0 Å². The second kappa shape index (κ2) is 5.09. The van der Waals surface area contributed by atoms with Gasteiger partial charge in [0.25, 0.3) is 0 Å². The Balaban J connectivity index is 1.80. The van der Waals surface area contributed by atoms with E-state index in [-0.39, 0.29) is 5.82 Å². The normalized spacial score (nSPS) is 10.9. The number of aromatic nitrogens is 3. The van der Waals surface area contributed by atoms with Crippen LogP contribution in [0.5, 0.6) is 0 Å². The summed E-state index contributed by atoms with van der Waals surface area (Å²) in [4.78, 5) is 4.29. The standard InChI is InChI=1S/C14H12ClFN4/c1-9-4-14-18-7-10(8-20(14)19-9)6-17-13-5-11(15)2-3-12(13)16/h2-5,7-8,17H,6H2,1H3. The number of halogens is 2. The topological polar surface area (TPSA) is 42.2 Å². The van der Waals surface area contributed by atoms with Crippen LogP contribution in [0.3, 0.4) is 0 Å². The summed E-state index contributed by atoms with van der Waals surface area (Å²) in [6.45, 7) is 2.35. The van der Waals surface area contributed by atoms with E-state index in [4.69, 9.17) is 11.6 Å². The summed E-state index contributed by atoms with van der Waals surface area (Å²) in [6, 6.07) is 6.31. The SMILES string of the molecule is Cc1cc2ncc(CNc3cc(Cl)ccc3F)cn2n1. The maximum atomic E-state index is 13.6. The zero-order valence-corrected chi connectivity index (χ0v) is 11.5. The number of hydrogen-bond acceptors (Lipinski definition) is 3. The van der Waals surface area contributed by atoms with Crippen molar-refractivity contribution in [3.63, 3.8) is 0 Å². The van der Waals surface area contributed by atoms with Crippen LogP contribution in [-0.4, -0.2) is 14.6 Å². The second-order valence-electron chi connectivity index (χ2n) is 4.53. The van der Waals surface area contributed by atoms with Gasteiger partial charge in [-0.05, 0) is 25.1 Å². The number of rotatable bonds is 3. The van der Waals surface area contributed by atoms with Crippen molar-refractivity contribution in [1.82, 2.24) is 14.6 Å². The molecule has 1 aromatic carbocycles. The zero-order valence-electron chi connectivity index (χ0n) is 10.8. The van der Waals surface area contributed by atoms with Crippen LogP contribution in [0.4, 0.5) is 10.1 Å². The van der Waals surface area contributed by atoms with Crippen LogP contribution in [0.25, 0.3) is 5.65 Å². The average molecular weight is 291 g/mol. The minimum absolute atomic E-state index is 0.335. The highest BCUT2D eigenvalue weighted by molar-refractivity contribution is 6.30. The summed E-state index contributed by atoms with van der Waals surface area (Å²) in [6.07, 6.45) is 3.61. The Bertz CT molecular complexity index is 769. The van der Waals surface area contributed by atoms with Gasteiger partial charge in [0.1, 0.15) is 5.82 Å². The highest BCUT2D eigenvalue weighted by Crippen LogP contribution is 2.20. The van der Waals surface area contributed by atoms with Gasteiger partial charge in [0.05, 0.1) is 11.4 Å². The van der Waals surface area contributed by atoms with Crippen LogP contribution >= 0.6 is 11.6 Å². The smallest absolute Gasteiger partial charge is 0.155 e. The fourth-order valence-corrected chi connectivity index (χ4v) is 2.13. The van der Waals surface area contributed by atoms with E-state index in [1.165, 1.54) is 12.1 Å². The molecule has 0 unspecified atom stereocenters. The van der Waals surface area contributed by atoms with Gasteiger partial charge in [0.15, 0.2) is 5.65 Å². The molecule has 0 amide bonds. The molecule has 2 aromatic heterocycles. The Labute approximate surface area is 120 Å². The fraction of sp³-hybridized carbons (Fsp3) is 0.143. The molecule has 2 heterocycles. The second-order valence-corrected chi connectivity index (χ2v) is 4.96. The molecule has 3 rings (SSSR count). The molecule has 0 atom stereocenters. The van der Waals surface area contributed by atoms with Gasteiger partial charge < -0.3 is 5.32 Å². The average Bonchev–Trinajstić information content (AvgIpc) is 2.79. The summed E-state index contributed by atoms with van der Waals surface area (Å²) < 4.78 is 15.3. The monoisotopic (exact) mass is 290 g/mol. The van der Waals surface area contributed by atoms with E-state index in [0.29, 0.717) is 17.3 Å². The number of nitrogens with one attached hydrogen (secondary N) is 1. The molecule has 0 aliphatic rings. The van der Waals surface area contributed by atoms with E-state index in [9.17, 15) is 4.39 Å². The van der Waals surface area contributed by atoms with Gasteiger partial charge in [-0.3, -0.25) is 0 Å². The number of anilines is 1. The largest absolute Gasteiger partial charge is 0.378 e. The quantitative estimate of drug-likeness (QED) is 0.803. The Morgan fingerprint density at radius 3 is 3.05 bits per heavy atom. The van der Waals surface area contributed by atoms with E-state index in [2.05, 4.69) is 15.4 Å². The zero-order chi connectivity index (χ0) is 14.1. The maximum Gasteiger partial charge on any atom is 0.155 e. The first-order valence-corrected chi connectivity index (χ1v) is 6.49. The van der Waals surface area contributed by atoms with E-state index in [0.717, 1.165) is 16.9 Å². The van der Waals surface area contributed by atoms with Crippen molar-refractivity contribution in [3.05, 3.63) is 58.8 Å². The van der Waals surface area contributed by atoms with Crippen LogP contribution in [0.1, 0.15) is 11.3 Å². The Morgan fingerprint density at radius 1 is 1.35 bits per heavy atom. The highest BCUT2D eigenvalue weighted by atomic mass is 35.5. The summed E-state index contributed by atoms with van der Waals surface area (Å²) in [5, 5.41) is 7.78. The van der Waals surface area contributed by atoms with Crippen LogP contribution in [0, 0.1) is 12.7 Å². The molecule has 20 heavy (non-hydrogen) atoms. The lowest BCUT2D eigenvalue weighted by Crippen LogP contribution is -2.03. The number of benzene rings is 1. The van der Waals surface area contributed by atoms with Crippen molar-refractivity contribution >= 4 is 22.9 Å². The molecule has 0 saturated carbocycles.